The fraction of sp³-hybridized carbons (Fsp3) is 0.429. The molecule has 1 atom stereocenters. The summed E-state index contributed by atoms with van der Waals surface area (Å²) in [6, 6.07) is 7.56. The summed E-state index contributed by atoms with van der Waals surface area (Å²) in [6.07, 6.45) is -0.673. The zero-order valence-electron chi connectivity index (χ0n) is 11.4. The molecule has 0 aliphatic rings. The Balaban J connectivity index is 2.34. The number of aromatic amines is 1. The predicted molar refractivity (Wildman–Crippen MR) is 73.5 cm³/mol. The lowest BCUT2D eigenvalue weighted by molar-refractivity contribution is 0.164. The highest BCUT2D eigenvalue weighted by molar-refractivity contribution is 5.87. The molecule has 2 rings (SSSR count). The molecule has 0 bridgehead atoms. The van der Waals surface area contributed by atoms with Crippen LogP contribution in [0.2, 0.25) is 0 Å². The van der Waals surface area contributed by atoms with Crippen LogP contribution in [0.4, 0.5) is 0 Å². The third-order valence-corrected chi connectivity index (χ3v) is 2.91. The van der Waals surface area contributed by atoms with Gasteiger partial charge in [-0.2, -0.15) is 10.4 Å². The van der Waals surface area contributed by atoms with Gasteiger partial charge in [0.2, 0.25) is 0 Å². The van der Waals surface area contributed by atoms with Gasteiger partial charge in [-0.25, -0.2) is 0 Å². The summed E-state index contributed by atoms with van der Waals surface area (Å²) in [5.74, 6) is 0. The van der Waals surface area contributed by atoms with Crippen molar-refractivity contribution < 1.29 is 5.11 Å². The Morgan fingerprint density at radius 1 is 1.47 bits per heavy atom. The first-order chi connectivity index (χ1) is 8.92. The van der Waals surface area contributed by atoms with Crippen molar-refractivity contribution in [2.24, 2.45) is 0 Å². The minimum Gasteiger partial charge on any atom is -0.387 e. The van der Waals surface area contributed by atoms with E-state index >= 15 is 0 Å². The molecule has 1 aromatic carbocycles. The number of nitriles is 1. The molecule has 0 radical (unpaired) electrons. The third-order valence-electron chi connectivity index (χ3n) is 2.91. The van der Waals surface area contributed by atoms with Crippen LogP contribution in [0, 0.1) is 11.3 Å². The number of H-pyrrole nitrogens is 1. The molecule has 0 saturated heterocycles. The van der Waals surface area contributed by atoms with Gasteiger partial charge >= 0.3 is 0 Å². The second kappa shape index (κ2) is 5.00. The molecule has 5 nitrogen and oxygen atoms in total. The van der Waals surface area contributed by atoms with Crippen LogP contribution in [0.3, 0.4) is 0 Å². The minimum atomic E-state index is -0.673. The first-order valence-corrected chi connectivity index (χ1v) is 6.22. The number of hydrogen-bond acceptors (Lipinski definition) is 4. The number of aliphatic hydroxyl groups is 1. The number of benzene rings is 1. The van der Waals surface area contributed by atoms with Crippen LogP contribution < -0.4 is 5.32 Å². The van der Waals surface area contributed by atoms with E-state index in [9.17, 15) is 5.11 Å². The van der Waals surface area contributed by atoms with Crippen LogP contribution >= 0.6 is 0 Å². The SMILES string of the molecule is CC(C)(C)NC[C@H](O)c1cccc2[nH]nc(C#N)c12. The maximum atomic E-state index is 10.3. The summed E-state index contributed by atoms with van der Waals surface area (Å²) in [5, 5.41) is 30.1. The first-order valence-electron chi connectivity index (χ1n) is 6.22. The van der Waals surface area contributed by atoms with Crippen LogP contribution in [0.5, 0.6) is 0 Å². The molecule has 0 spiro atoms. The van der Waals surface area contributed by atoms with Gasteiger partial charge in [-0.05, 0) is 32.4 Å². The van der Waals surface area contributed by atoms with Gasteiger partial charge < -0.3 is 10.4 Å². The van der Waals surface area contributed by atoms with Gasteiger partial charge in [0.05, 0.1) is 11.6 Å². The number of nitrogens with one attached hydrogen (secondary N) is 2. The maximum Gasteiger partial charge on any atom is 0.170 e. The molecule has 0 amide bonds. The lowest BCUT2D eigenvalue weighted by Gasteiger charge is -2.23. The standard InChI is InChI=1S/C14H18N4O/c1-14(2,3)16-8-12(19)9-5-4-6-10-13(9)11(7-15)18-17-10/h4-6,12,16,19H,8H2,1-3H3,(H,17,18)/t12-/m0/s1. The van der Waals surface area contributed by atoms with E-state index in [1.165, 1.54) is 0 Å². The Labute approximate surface area is 112 Å². The summed E-state index contributed by atoms with van der Waals surface area (Å²) in [7, 11) is 0. The smallest absolute Gasteiger partial charge is 0.170 e. The van der Waals surface area contributed by atoms with E-state index in [1.807, 2.05) is 45.0 Å². The average molecular weight is 258 g/mol. The van der Waals surface area contributed by atoms with Crippen molar-refractivity contribution in [3.8, 4) is 6.07 Å². The number of hydrogen-bond donors (Lipinski definition) is 3. The van der Waals surface area contributed by atoms with E-state index in [2.05, 4.69) is 15.5 Å². The fourth-order valence-electron chi connectivity index (χ4n) is 1.97. The quantitative estimate of drug-likeness (QED) is 0.784. The maximum absolute atomic E-state index is 10.3. The van der Waals surface area contributed by atoms with Crippen LogP contribution in [-0.2, 0) is 0 Å². The molecule has 0 saturated carbocycles. The Morgan fingerprint density at radius 2 is 2.21 bits per heavy atom. The minimum absolute atomic E-state index is 0.0661. The highest BCUT2D eigenvalue weighted by atomic mass is 16.3. The molecule has 1 aromatic heterocycles. The van der Waals surface area contributed by atoms with Crippen molar-refractivity contribution in [2.75, 3.05) is 6.54 Å². The largest absolute Gasteiger partial charge is 0.387 e. The molecule has 0 fully saturated rings. The van der Waals surface area contributed by atoms with Crippen LogP contribution in [0.1, 0.15) is 38.1 Å². The van der Waals surface area contributed by atoms with Crippen LogP contribution in [-0.4, -0.2) is 27.4 Å². The van der Waals surface area contributed by atoms with Crippen molar-refractivity contribution in [1.29, 1.82) is 5.26 Å². The average Bonchev–Trinajstić information content (AvgIpc) is 2.78. The Morgan fingerprint density at radius 3 is 2.84 bits per heavy atom. The Kier molecular flexibility index (Phi) is 3.56. The van der Waals surface area contributed by atoms with E-state index in [4.69, 9.17) is 5.26 Å². The predicted octanol–water partition coefficient (Wildman–Crippen LogP) is 1.86. The fourth-order valence-corrected chi connectivity index (χ4v) is 1.97. The van der Waals surface area contributed by atoms with Gasteiger partial charge in [0.25, 0.3) is 0 Å². The summed E-state index contributed by atoms with van der Waals surface area (Å²) < 4.78 is 0. The third kappa shape index (κ3) is 2.92. The molecule has 0 unspecified atom stereocenters. The van der Waals surface area contributed by atoms with Gasteiger partial charge in [-0.1, -0.05) is 12.1 Å². The van der Waals surface area contributed by atoms with Gasteiger partial charge in [0, 0.05) is 17.5 Å². The lowest BCUT2D eigenvalue weighted by Crippen LogP contribution is -2.38. The van der Waals surface area contributed by atoms with Gasteiger partial charge in [0.15, 0.2) is 5.69 Å². The number of fused-ring (bicyclic) bond motifs is 1. The number of rotatable bonds is 3. The molecular weight excluding hydrogens is 240 g/mol. The van der Waals surface area contributed by atoms with Crippen LogP contribution in [0.15, 0.2) is 18.2 Å². The molecule has 2 aromatic rings. The number of β-amino-alcohol motifs (C(OH)–C–C–N with tert-alkyl or cyclic N) is 1. The first kappa shape index (κ1) is 13.5. The van der Waals surface area contributed by atoms with E-state index in [1.54, 1.807) is 0 Å². The van der Waals surface area contributed by atoms with Gasteiger partial charge in [-0.3, -0.25) is 5.10 Å². The molecular formula is C14H18N4O. The topological polar surface area (TPSA) is 84.7 Å². The molecule has 3 N–H and O–H groups in total. The van der Waals surface area contributed by atoms with E-state index in [0.717, 1.165) is 11.1 Å². The second-order valence-electron chi connectivity index (χ2n) is 5.60. The zero-order valence-corrected chi connectivity index (χ0v) is 11.4. The van der Waals surface area contributed by atoms with Crippen molar-refractivity contribution in [1.82, 2.24) is 15.5 Å². The van der Waals surface area contributed by atoms with E-state index in [-0.39, 0.29) is 5.54 Å². The lowest BCUT2D eigenvalue weighted by atomic mass is 10.0. The summed E-state index contributed by atoms with van der Waals surface area (Å²) in [6.45, 7) is 6.55. The number of nitrogens with zero attached hydrogens (tertiary/aromatic N) is 2. The molecule has 100 valence electrons. The summed E-state index contributed by atoms with van der Waals surface area (Å²) in [5.41, 5.74) is 1.74. The molecule has 1 heterocycles. The Bertz CT molecular complexity index is 618. The van der Waals surface area contributed by atoms with Crippen molar-refractivity contribution in [2.45, 2.75) is 32.4 Å². The number of aromatic nitrogens is 2. The monoisotopic (exact) mass is 258 g/mol. The molecule has 0 aliphatic carbocycles. The molecule has 5 heteroatoms. The zero-order chi connectivity index (χ0) is 14.0. The summed E-state index contributed by atoms with van der Waals surface area (Å²) in [4.78, 5) is 0. The van der Waals surface area contributed by atoms with E-state index < -0.39 is 6.10 Å². The van der Waals surface area contributed by atoms with E-state index in [0.29, 0.717) is 17.6 Å². The second-order valence-corrected chi connectivity index (χ2v) is 5.60. The van der Waals surface area contributed by atoms with Crippen molar-refractivity contribution in [3.63, 3.8) is 0 Å². The van der Waals surface area contributed by atoms with Gasteiger partial charge in [-0.15, -0.1) is 0 Å². The van der Waals surface area contributed by atoms with Crippen LogP contribution in [0.25, 0.3) is 10.9 Å². The Hall–Kier alpha value is -1.90. The van der Waals surface area contributed by atoms with Gasteiger partial charge in [0.1, 0.15) is 6.07 Å². The highest BCUT2D eigenvalue weighted by Crippen LogP contribution is 2.25. The molecule has 19 heavy (non-hydrogen) atoms. The summed E-state index contributed by atoms with van der Waals surface area (Å²) >= 11 is 0. The molecule has 0 aliphatic heterocycles. The van der Waals surface area contributed by atoms with Crippen molar-refractivity contribution >= 4 is 10.9 Å². The number of aliphatic hydroxyl groups excluding tert-OH is 1. The normalized spacial score (nSPS) is 13.4. The highest BCUT2D eigenvalue weighted by Gasteiger charge is 2.18. The van der Waals surface area contributed by atoms with Crippen molar-refractivity contribution in [3.05, 3.63) is 29.5 Å².